The lowest BCUT2D eigenvalue weighted by Gasteiger charge is -2.02. The van der Waals surface area contributed by atoms with Crippen molar-refractivity contribution in [2.24, 2.45) is 7.05 Å². The average Bonchev–Trinajstić information content (AvgIpc) is 2.76. The van der Waals surface area contributed by atoms with Crippen molar-refractivity contribution in [2.45, 2.75) is 6.92 Å². The zero-order valence-electron chi connectivity index (χ0n) is 10.9. The Labute approximate surface area is 110 Å². The van der Waals surface area contributed by atoms with E-state index < -0.39 is 0 Å². The van der Waals surface area contributed by atoms with Gasteiger partial charge in [0.1, 0.15) is 18.2 Å². The van der Waals surface area contributed by atoms with Gasteiger partial charge in [-0.05, 0) is 18.6 Å². The molecule has 0 aliphatic heterocycles. The van der Waals surface area contributed by atoms with E-state index in [-0.39, 0.29) is 0 Å². The van der Waals surface area contributed by atoms with Crippen LogP contribution in [0.4, 0.5) is 0 Å². The molecule has 0 spiro atoms. The summed E-state index contributed by atoms with van der Waals surface area (Å²) in [6.07, 6.45) is 4.13. The molecular weight excluding hydrogens is 234 g/mol. The highest BCUT2D eigenvalue weighted by Gasteiger charge is 2.12. The molecule has 92 valence electrons. The van der Waals surface area contributed by atoms with Crippen molar-refractivity contribution in [1.82, 2.24) is 9.97 Å². The van der Waals surface area contributed by atoms with Crippen molar-refractivity contribution in [3.8, 4) is 0 Å². The minimum absolute atomic E-state index is 0.970. The SMILES string of the molecule is Cc1c2cc[n+](C)cc2nc2[nH]c3ccccc3c12. The molecule has 0 atom stereocenters. The van der Waals surface area contributed by atoms with Crippen LogP contribution in [0, 0.1) is 6.92 Å². The third kappa shape index (κ3) is 1.38. The van der Waals surface area contributed by atoms with Gasteiger partial charge in [-0.1, -0.05) is 18.2 Å². The van der Waals surface area contributed by atoms with Crippen LogP contribution in [0.15, 0.2) is 42.7 Å². The first kappa shape index (κ1) is 10.5. The van der Waals surface area contributed by atoms with E-state index in [9.17, 15) is 0 Å². The molecule has 0 saturated heterocycles. The molecular formula is C16H14N3+. The molecule has 3 heterocycles. The zero-order valence-corrected chi connectivity index (χ0v) is 10.9. The summed E-state index contributed by atoms with van der Waals surface area (Å²) in [6.45, 7) is 2.17. The number of rotatable bonds is 0. The minimum Gasteiger partial charge on any atom is -0.339 e. The van der Waals surface area contributed by atoms with Gasteiger partial charge in [0.2, 0.25) is 0 Å². The van der Waals surface area contributed by atoms with Gasteiger partial charge in [0.05, 0.1) is 0 Å². The lowest BCUT2D eigenvalue weighted by Crippen LogP contribution is -2.26. The molecule has 1 aromatic carbocycles. The third-order valence-corrected chi connectivity index (χ3v) is 3.78. The number of H-pyrrole nitrogens is 1. The van der Waals surface area contributed by atoms with Crippen LogP contribution in [0.5, 0.6) is 0 Å². The Morgan fingerprint density at radius 3 is 2.84 bits per heavy atom. The monoisotopic (exact) mass is 248 g/mol. The molecule has 0 aliphatic carbocycles. The highest BCUT2D eigenvalue weighted by molar-refractivity contribution is 6.11. The Kier molecular flexibility index (Phi) is 1.96. The Bertz CT molecular complexity index is 935. The quantitative estimate of drug-likeness (QED) is 0.477. The van der Waals surface area contributed by atoms with Crippen molar-refractivity contribution < 1.29 is 4.57 Å². The Hall–Kier alpha value is -2.42. The van der Waals surface area contributed by atoms with Gasteiger partial charge in [-0.25, -0.2) is 9.55 Å². The second kappa shape index (κ2) is 3.54. The number of fused-ring (bicyclic) bond motifs is 4. The van der Waals surface area contributed by atoms with Crippen LogP contribution >= 0.6 is 0 Å². The second-order valence-corrected chi connectivity index (χ2v) is 5.04. The smallest absolute Gasteiger partial charge is 0.195 e. The van der Waals surface area contributed by atoms with Crippen LogP contribution < -0.4 is 4.57 Å². The van der Waals surface area contributed by atoms with E-state index in [1.165, 1.54) is 21.7 Å². The number of hydrogen-bond donors (Lipinski definition) is 1. The highest BCUT2D eigenvalue weighted by atomic mass is 14.9. The molecule has 19 heavy (non-hydrogen) atoms. The largest absolute Gasteiger partial charge is 0.339 e. The number of aromatic nitrogens is 3. The molecule has 4 rings (SSSR count). The number of aromatic amines is 1. The summed E-state index contributed by atoms with van der Waals surface area (Å²) in [7, 11) is 2.02. The summed E-state index contributed by atoms with van der Waals surface area (Å²) in [5.41, 5.74) is 4.43. The Balaban J connectivity index is 2.30. The van der Waals surface area contributed by atoms with Crippen molar-refractivity contribution >= 4 is 32.8 Å². The number of pyridine rings is 2. The fourth-order valence-electron chi connectivity index (χ4n) is 2.84. The number of nitrogens with one attached hydrogen (secondary N) is 1. The van der Waals surface area contributed by atoms with Crippen LogP contribution in [0.1, 0.15) is 5.56 Å². The first-order valence-corrected chi connectivity index (χ1v) is 6.40. The number of hydrogen-bond acceptors (Lipinski definition) is 1. The predicted octanol–water partition coefficient (Wildman–Crippen LogP) is 3.00. The summed E-state index contributed by atoms with van der Waals surface area (Å²) in [5, 5.41) is 3.70. The lowest BCUT2D eigenvalue weighted by molar-refractivity contribution is -0.670. The lowest BCUT2D eigenvalue weighted by atomic mass is 10.1. The Morgan fingerprint density at radius 2 is 1.95 bits per heavy atom. The van der Waals surface area contributed by atoms with Gasteiger partial charge in [-0.15, -0.1) is 0 Å². The maximum absolute atomic E-state index is 4.76. The molecule has 0 fully saturated rings. The molecule has 0 radical (unpaired) electrons. The normalized spacial score (nSPS) is 11.7. The van der Waals surface area contributed by atoms with Crippen LogP contribution in [-0.4, -0.2) is 9.97 Å². The number of aryl methyl sites for hydroxylation is 2. The minimum atomic E-state index is 0.970. The molecule has 0 saturated carbocycles. The number of benzene rings is 1. The second-order valence-electron chi connectivity index (χ2n) is 5.04. The van der Waals surface area contributed by atoms with Crippen molar-refractivity contribution in [3.63, 3.8) is 0 Å². The first-order chi connectivity index (χ1) is 9.24. The van der Waals surface area contributed by atoms with Gasteiger partial charge in [0.25, 0.3) is 0 Å². The van der Waals surface area contributed by atoms with Gasteiger partial charge in [0, 0.05) is 27.7 Å². The fourth-order valence-corrected chi connectivity index (χ4v) is 2.84. The van der Waals surface area contributed by atoms with Crippen molar-refractivity contribution in [2.75, 3.05) is 0 Å². The van der Waals surface area contributed by atoms with E-state index in [2.05, 4.69) is 48.6 Å². The van der Waals surface area contributed by atoms with Crippen molar-refractivity contribution in [3.05, 3.63) is 48.3 Å². The average molecular weight is 248 g/mol. The predicted molar refractivity (Wildman–Crippen MR) is 77.0 cm³/mol. The molecule has 0 amide bonds. The molecule has 3 nitrogen and oxygen atoms in total. The van der Waals surface area contributed by atoms with Crippen molar-refractivity contribution in [1.29, 1.82) is 0 Å². The van der Waals surface area contributed by atoms with E-state index in [0.29, 0.717) is 0 Å². The van der Waals surface area contributed by atoms with E-state index in [1.807, 2.05) is 17.7 Å². The molecule has 1 N–H and O–H groups in total. The summed E-state index contributed by atoms with van der Waals surface area (Å²) in [4.78, 5) is 8.17. The van der Waals surface area contributed by atoms with Crippen LogP contribution in [-0.2, 0) is 7.05 Å². The Morgan fingerprint density at radius 1 is 1.11 bits per heavy atom. The number of para-hydroxylation sites is 1. The maximum atomic E-state index is 4.76. The van der Waals surface area contributed by atoms with Crippen LogP contribution in [0.25, 0.3) is 32.8 Å². The molecule has 0 unspecified atom stereocenters. The molecule has 0 bridgehead atoms. The van der Waals surface area contributed by atoms with E-state index >= 15 is 0 Å². The van der Waals surface area contributed by atoms with Gasteiger partial charge < -0.3 is 4.98 Å². The van der Waals surface area contributed by atoms with Gasteiger partial charge in [-0.2, -0.15) is 0 Å². The molecule has 3 aromatic heterocycles. The fraction of sp³-hybridized carbons (Fsp3) is 0.125. The van der Waals surface area contributed by atoms with Gasteiger partial charge in [0.15, 0.2) is 12.4 Å². The van der Waals surface area contributed by atoms with E-state index in [1.54, 1.807) is 0 Å². The maximum Gasteiger partial charge on any atom is 0.195 e. The summed E-state index contributed by atoms with van der Waals surface area (Å²) in [5.74, 6) is 0. The summed E-state index contributed by atoms with van der Waals surface area (Å²) >= 11 is 0. The van der Waals surface area contributed by atoms with E-state index in [0.717, 1.165) is 16.7 Å². The first-order valence-electron chi connectivity index (χ1n) is 6.40. The molecule has 3 heteroatoms. The molecule has 4 aromatic rings. The third-order valence-electron chi connectivity index (χ3n) is 3.78. The van der Waals surface area contributed by atoms with Gasteiger partial charge in [-0.3, -0.25) is 0 Å². The number of nitrogens with zero attached hydrogens (tertiary/aromatic N) is 2. The zero-order chi connectivity index (χ0) is 13.0. The van der Waals surface area contributed by atoms with Crippen LogP contribution in [0.2, 0.25) is 0 Å². The van der Waals surface area contributed by atoms with Crippen LogP contribution in [0.3, 0.4) is 0 Å². The summed E-state index contributed by atoms with van der Waals surface area (Å²) in [6, 6.07) is 10.5. The standard InChI is InChI=1S/C16H13N3/c1-10-11-7-8-19(2)9-14(11)18-16-15(10)12-5-3-4-6-13(12)17-16/h3-9H,1-2H3/p+1. The highest BCUT2D eigenvalue weighted by Crippen LogP contribution is 2.30. The van der Waals surface area contributed by atoms with Gasteiger partial charge >= 0.3 is 0 Å². The topological polar surface area (TPSA) is 32.6 Å². The summed E-state index contributed by atoms with van der Waals surface area (Å²) < 4.78 is 2.03. The van der Waals surface area contributed by atoms with E-state index in [4.69, 9.17) is 4.98 Å². The molecule has 0 aliphatic rings.